The predicted molar refractivity (Wildman–Crippen MR) is 69.4 cm³/mol. The molecule has 1 aromatic heterocycles. The minimum absolute atomic E-state index is 0.743. The van der Waals surface area contributed by atoms with Gasteiger partial charge in [-0.25, -0.2) is 0 Å². The zero-order valence-electron chi connectivity index (χ0n) is 8.74. The normalized spacial score (nSPS) is 10.6. The third-order valence-electron chi connectivity index (χ3n) is 2.02. The monoisotopic (exact) mass is 298 g/mol. The van der Waals surface area contributed by atoms with Gasteiger partial charge in [0, 0.05) is 21.1 Å². The zero-order chi connectivity index (χ0) is 11.5. The molecule has 0 unspecified atom stereocenters. The number of hydrogen-bond donors (Lipinski definition) is 1. The number of halogens is 1. The molecule has 2 N–H and O–H groups in total. The molecule has 0 aliphatic heterocycles. The molecular weight excluding hydrogens is 288 g/mol. The number of rotatable bonds is 3. The van der Waals surface area contributed by atoms with Gasteiger partial charge in [0.25, 0.3) is 0 Å². The lowest BCUT2D eigenvalue weighted by molar-refractivity contribution is 0.391. The van der Waals surface area contributed by atoms with Gasteiger partial charge < -0.3 is 10.3 Å². The van der Waals surface area contributed by atoms with Crippen LogP contribution < -0.4 is 5.73 Å². The van der Waals surface area contributed by atoms with Crippen molar-refractivity contribution in [3.63, 3.8) is 0 Å². The molecule has 0 spiro atoms. The molecule has 0 fully saturated rings. The molecule has 2 rings (SSSR count). The predicted octanol–water partition coefficient (Wildman–Crippen LogP) is 3.62. The Bertz CT molecular complexity index is 498. The van der Waals surface area contributed by atoms with Crippen molar-refractivity contribution in [1.29, 1.82) is 0 Å². The second kappa shape index (κ2) is 4.93. The van der Waals surface area contributed by atoms with Crippen LogP contribution in [0.2, 0.25) is 0 Å². The third-order valence-corrected chi connectivity index (χ3v) is 3.62. The highest BCUT2D eigenvalue weighted by Crippen LogP contribution is 2.30. The summed E-state index contributed by atoms with van der Waals surface area (Å²) in [6, 6.07) is 7.80. The number of nitrogen functional groups attached to an aromatic ring is 1. The first kappa shape index (κ1) is 11.5. The molecule has 0 saturated heterocycles. The first-order valence-electron chi connectivity index (χ1n) is 4.75. The van der Waals surface area contributed by atoms with E-state index in [0.717, 1.165) is 32.3 Å². The summed E-state index contributed by atoms with van der Waals surface area (Å²) < 4.78 is 6.12. The van der Waals surface area contributed by atoms with E-state index in [-0.39, 0.29) is 0 Å². The standard InChI is InChI=1S/C11H11BrN2OS/c1-7-4-9(15-14-7)6-16-11-3-2-8(12)5-10(11)13/h2-5H,6,13H2,1H3. The topological polar surface area (TPSA) is 52.0 Å². The Morgan fingerprint density at radius 3 is 2.88 bits per heavy atom. The maximum atomic E-state index is 5.89. The molecule has 1 aromatic carbocycles. The van der Waals surface area contributed by atoms with E-state index in [2.05, 4.69) is 21.1 Å². The highest BCUT2D eigenvalue weighted by molar-refractivity contribution is 9.10. The van der Waals surface area contributed by atoms with Crippen molar-refractivity contribution in [3.05, 3.63) is 40.2 Å². The van der Waals surface area contributed by atoms with Gasteiger partial charge in [-0.2, -0.15) is 0 Å². The van der Waals surface area contributed by atoms with E-state index in [1.165, 1.54) is 0 Å². The molecule has 3 nitrogen and oxygen atoms in total. The fraction of sp³-hybridized carbons (Fsp3) is 0.182. The molecule has 0 aliphatic carbocycles. The summed E-state index contributed by atoms with van der Waals surface area (Å²) in [5.74, 6) is 1.61. The Morgan fingerprint density at radius 2 is 2.25 bits per heavy atom. The average Bonchev–Trinajstić information content (AvgIpc) is 2.63. The van der Waals surface area contributed by atoms with Gasteiger partial charge in [0.15, 0.2) is 0 Å². The van der Waals surface area contributed by atoms with Crippen LogP contribution in [-0.2, 0) is 5.75 Å². The molecule has 5 heteroatoms. The summed E-state index contributed by atoms with van der Waals surface area (Å²) >= 11 is 5.02. The van der Waals surface area contributed by atoms with Crippen LogP contribution in [0.15, 0.2) is 38.2 Å². The smallest absolute Gasteiger partial charge is 0.147 e. The highest BCUT2D eigenvalue weighted by atomic mass is 79.9. The molecule has 84 valence electrons. The summed E-state index contributed by atoms with van der Waals surface area (Å²) in [6.45, 7) is 1.91. The maximum Gasteiger partial charge on any atom is 0.147 e. The van der Waals surface area contributed by atoms with E-state index in [4.69, 9.17) is 10.3 Å². The number of benzene rings is 1. The molecule has 0 atom stereocenters. The quantitative estimate of drug-likeness (QED) is 0.694. The van der Waals surface area contributed by atoms with Crippen LogP contribution in [0.25, 0.3) is 0 Å². The zero-order valence-corrected chi connectivity index (χ0v) is 11.1. The van der Waals surface area contributed by atoms with Crippen LogP contribution in [0.3, 0.4) is 0 Å². The second-order valence-corrected chi connectivity index (χ2v) is 5.34. The Hall–Kier alpha value is -0.940. The highest BCUT2D eigenvalue weighted by Gasteiger charge is 2.04. The first-order valence-corrected chi connectivity index (χ1v) is 6.53. The van der Waals surface area contributed by atoms with Gasteiger partial charge in [0.2, 0.25) is 0 Å². The number of thioether (sulfide) groups is 1. The lowest BCUT2D eigenvalue weighted by Gasteiger charge is -2.03. The number of aromatic nitrogens is 1. The van der Waals surface area contributed by atoms with Gasteiger partial charge in [0.05, 0.1) is 11.4 Å². The van der Waals surface area contributed by atoms with Crippen molar-refractivity contribution < 1.29 is 4.52 Å². The number of nitrogens with zero attached hydrogens (tertiary/aromatic N) is 1. The van der Waals surface area contributed by atoms with Crippen molar-refractivity contribution >= 4 is 33.4 Å². The molecule has 0 amide bonds. The summed E-state index contributed by atoms with van der Waals surface area (Å²) in [6.07, 6.45) is 0. The van der Waals surface area contributed by atoms with Crippen LogP contribution >= 0.6 is 27.7 Å². The maximum absolute atomic E-state index is 5.89. The molecule has 0 radical (unpaired) electrons. The third kappa shape index (κ3) is 2.80. The van der Waals surface area contributed by atoms with Gasteiger partial charge in [0.1, 0.15) is 5.76 Å². The fourth-order valence-electron chi connectivity index (χ4n) is 1.28. The molecule has 0 saturated carbocycles. The summed E-state index contributed by atoms with van der Waals surface area (Å²) in [5.41, 5.74) is 7.57. The van der Waals surface area contributed by atoms with Crippen molar-refractivity contribution in [2.24, 2.45) is 0 Å². The van der Waals surface area contributed by atoms with Crippen molar-refractivity contribution in [2.75, 3.05) is 5.73 Å². The Morgan fingerprint density at radius 1 is 1.44 bits per heavy atom. The molecule has 16 heavy (non-hydrogen) atoms. The lowest BCUT2D eigenvalue weighted by atomic mass is 10.3. The molecule has 1 heterocycles. The van der Waals surface area contributed by atoms with E-state index in [1.807, 2.05) is 31.2 Å². The molecular formula is C11H11BrN2OS. The van der Waals surface area contributed by atoms with E-state index >= 15 is 0 Å². The lowest BCUT2D eigenvalue weighted by Crippen LogP contribution is -1.88. The van der Waals surface area contributed by atoms with E-state index in [1.54, 1.807) is 11.8 Å². The summed E-state index contributed by atoms with van der Waals surface area (Å²) in [5, 5.41) is 3.84. The summed E-state index contributed by atoms with van der Waals surface area (Å²) in [7, 11) is 0. The minimum Gasteiger partial charge on any atom is -0.398 e. The SMILES string of the molecule is Cc1cc(CSc2ccc(Br)cc2N)on1. The van der Waals surface area contributed by atoms with E-state index < -0.39 is 0 Å². The first-order chi connectivity index (χ1) is 7.65. The van der Waals surface area contributed by atoms with E-state index in [9.17, 15) is 0 Å². The fourth-order valence-corrected chi connectivity index (χ4v) is 2.49. The Labute approximate surface area is 107 Å². The van der Waals surface area contributed by atoms with Crippen LogP contribution in [0.4, 0.5) is 5.69 Å². The average molecular weight is 299 g/mol. The van der Waals surface area contributed by atoms with Crippen LogP contribution in [0.1, 0.15) is 11.5 Å². The number of nitrogens with two attached hydrogens (primary N) is 1. The van der Waals surface area contributed by atoms with Crippen LogP contribution in [-0.4, -0.2) is 5.16 Å². The van der Waals surface area contributed by atoms with Crippen molar-refractivity contribution in [2.45, 2.75) is 17.6 Å². The Balaban J connectivity index is 2.04. The van der Waals surface area contributed by atoms with Gasteiger partial charge in [-0.15, -0.1) is 11.8 Å². The number of anilines is 1. The van der Waals surface area contributed by atoms with Crippen molar-refractivity contribution in [3.8, 4) is 0 Å². The Kier molecular flexibility index (Phi) is 3.56. The van der Waals surface area contributed by atoms with Crippen LogP contribution in [0, 0.1) is 6.92 Å². The number of hydrogen-bond acceptors (Lipinski definition) is 4. The summed E-state index contributed by atoms with van der Waals surface area (Å²) in [4.78, 5) is 1.05. The molecule has 0 bridgehead atoms. The van der Waals surface area contributed by atoms with Gasteiger partial charge in [-0.05, 0) is 25.1 Å². The van der Waals surface area contributed by atoms with Gasteiger partial charge in [-0.1, -0.05) is 21.1 Å². The van der Waals surface area contributed by atoms with Crippen LogP contribution in [0.5, 0.6) is 0 Å². The molecule has 2 aromatic rings. The second-order valence-electron chi connectivity index (χ2n) is 3.41. The molecule has 0 aliphatic rings. The minimum atomic E-state index is 0.743. The van der Waals surface area contributed by atoms with Gasteiger partial charge >= 0.3 is 0 Å². The largest absolute Gasteiger partial charge is 0.398 e. The van der Waals surface area contributed by atoms with Crippen molar-refractivity contribution in [1.82, 2.24) is 5.16 Å². The number of aryl methyl sites for hydroxylation is 1. The van der Waals surface area contributed by atoms with E-state index in [0.29, 0.717) is 0 Å². The van der Waals surface area contributed by atoms with Gasteiger partial charge in [-0.3, -0.25) is 0 Å².